The Morgan fingerprint density at radius 2 is 1.60 bits per heavy atom. The lowest BCUT2D eigenvalue weighted by Crippen LogP contribution is -2.46. The monoisotopic (exact) mass is 270 g/mol. The fraction of sp³-hybridized carbons (Fsp3) is 0.471. The molecule has 0 aromatic heterocycles. The van der Waals surface area contributed by atoms with Crippen LogP contribution in [0.15, 0.2) is 42.1 Å². The van der Waals surface area contributed by atoms with Crippen LogP contribution in [0.1, 0.15) is 19.8 Å². The third kappa shape index (κ3) is 2.87. The first-order valence-electron chi connectivity index (χ1n) is 7.51. The third-order valence-electron chi connectivity index (χ3n) is 4.24. The number of hydrogen-bond donors (Lipinski definition) is 0. The summed E-state index contributed by atoms with van der Waals surface area (Å²) in [4.78, 5) is 16.5. The van der Waals surface area contributed by atoms with Crippen LogP contribution in [-0.4, -0.2) is 36.9 Å². The van der Waals surface area contributed by atoms with Crippen LogP contribution < -0.4 is 4.90 Å². The van der Waals surface area contributed by atoms with Gasteiger partial charge in [-0.1, -0.05) is 25.1 Å². The van der Waals surface area contributed by atoms with Gasteiger partial charge in [0, 0.05) is 50.1 Å². The number of hydrogen-bond acceptors (Lipinski definition) is 3. The van der Waals surface area contributed by atoms with E-state index in [0.717, 1.165) is 32.6 Å². The number of benzene rings is 1. The number of para-hydroxylation sites is 1. The molecule has 0 bridgehead atoms. The molecule has 1 aliphatic carbocycles. The van der Waals surface area contributed by atoms with Gasteiger partial charge in [0.2, 0.25) is 0 Å². The van der Waals surface area contributed by atoms with E-state index < -0.39 is 0 Å². The van der Waals surface area contributed by atoms with Crippen molar-refractivity contribution in [3.63, 3.8) is 0 Å². The number of carbonyl (C=O) groups excluding carboxylic acids is 1. The lowest BCUT2D eigenvalue weighted by Gasteiger charge is -2.39. The first-order valence-corrected chi connectivity index (χ1v) is 7.51. The van der Waals surface area contributed by atoms with Crippen LogP contribution in [0.2, 0.25) is 0 Å². The standard InChI is InChI=1S/C17H22N2O/c1-14-11-16(13-17(20)12-14)19-9-7-18(8-10-19)15-5-3-2-4-6-15/h2-6,13-14H,7-12H2,1H3/t14-/m1/s1. The molecule has 106 valence electrons. The van der Waals surface area contributed by atoms with Crippen LogP contribution in [0.3, 0.4) is 0 Å². The van der Waals surface area contributed by atoms with Crippen LogP contribution in [0.25, 0.3) is 0 Å². The van der Waals surface area contributed by atoms with Crippen molar-refractivity contribution in [3.8, 4) is 0 Å². The largest absolute Gasteiger partial charge is 0.371 e. The normalized spacial score (nSPS) is 23.8. The maximum absolute atomic E-state index is 11.7. The molecule has 2 aliphatic rings. The maximum atomic E-state index is 11.7. The number of carbonyl (C=O) groups is 1. The molecule has 1 heterocycles. The average molecular weight is 270 g/mol. The minimum atomic E-state index is 0.296. The van der Waals surface area contributed by atoms with Crippen LogP contribution in [0, 0.1) is 5.92 Å². The van der Waals surface area contributed by atoms with Gasteiger partial charge >= 0.3 is 0 Å². The van der Waals surface area contributed by atoms with Crippen molar-refractivity contribution in [2.75, 3.05) is 31.1 Å². The summed E-state index contributed by atoms with van der Waals surface area (Å²) in [7, 11) is 0. The third-order valence-corrected chi connectivity index (χ3v) is 4.24. The summed E-state index contributed by atoms with van der Waals surface area (Å²) in [5, 5.41) is 0. The lowest BCUT2D eigenvalue weighted by atomic mass is 9.92. The average Bonchev–Trinajstić information content (AvgIpc) is 2.47. The first kappa shape index (κ1) is 13.2. The number of piperazine rings is 1. The highest BCUT2D eigenvalue weighted by molar-refractivity contribution is 5.91. The summed E-state index contributed by atoms with van der Waals surface area (Å²) in [5.74, 6) is 0.791. The Hall–Kier alpha value is -1.77. The summed E-state index contributed by atoms with van der Waals surface area (Å²) in [5.41, 5.74) is 2.55. The van der Waals surface area contributed by atoms with Crippen molar-refractivity contribution < 1.29 is 4.79 Å². The van der Waals surface area contributed by atoms with Crippen molar-refractivity contribution in [2.24, 2.45) is 5.92 Å². The quantitative estimate of drug-likeness (QED) is 0.825. The smallest absolute Gasteiger partial charge is 0.157 e. The van der Waals surface area contributed by atoms with Gasteiger partial charge in [0.05, 0.1) is 0 Å². The zero-order chi connectivity index (χ0) is 13.9. The molecule has 20 heavy (non-hydrogen) atoms. The Kier molecular flexibility index (Phi) is 3.77. The molecular weight excluding hydrogens is 248 g/mol. The lowest BCUT2D eigenvalue weighted by molar-refractivity contribution is -0.116. The van der Waals surface area contributed by atoms with E-state index in [1.165, 1.54) is 11.4 Å². The number of allylic oxidation sites excluding steroid dienone is 2. The molecule has 1 saturated heterocycles. The van der Waals surface area contributed by atoms with Crippen molar-refractivity contribution in [1.29, 1.82) is 0 Å². The molecule has 1 fully saturated rings. The fourth-order valence-corrected chi connectivity index (χ4v) is 3.19. The van der Waals surface area contributed by atoms with Crippen molar-refractivity contribution in [2.45, 2.75) is 19.8 Å². The molecule has 1 aromatic rings. The Bertz CT molecular complexity index is 501. The van der Waals surface area contributed by atoms with Crippen LogP contribution >= 0.6 is 0 Å². The van der Waals surface area contributed by atoms with Crippen molar-refractivity contribution in [1.82, 2.24) is 4.90 Å². The molecule has 1 aliphatic heterocycles. The van der Waals surface area contributed by atoms with Gasteiger partial charge in [-0.3, -0.25) is 4.79 Å². The predicted molar refractivity (Wildman–Crippen MR) is 81.7 cm³/mol. The molecule has 0 radical (unpaired) electrons. The van der Waals surface area contributed by atoms with E-state index in [0.29, 0.717) is 18.1 Å². The summed E-state index contributed by atoms with van der Waals surface area (Å²) in [6.45, 7) is 6.26. The fourth-order valence-electron chi connectivity index (χ4n) is 3.19. The zero-order valence-electron chi connectivity index (χ0n) is 12.1. The molecule has 3 nitrogen and oxygen atoms in total. The van der Waals surface area contributed by atoms with Gasteiger partial charge in [-0.2, -0.15) is 0 Å². The Balaban J connectivity index is 1.63. The van der Waals surface area contributed by atoms with E-state index >= 15 is 0 Å². The Labute approximate surface area is 120 Å². The molecular formula is C17H22N2O. The minimum Gasteiger partial charge on any atom is -0.371 e. The van der Waals surface area contributed by atoms with Gasteiger partial charge in [0.15, 0.2) is 5.78 Å². The summed E-state index contributed by atoms with van der Waals surface area (Å²) in [6, 6.07) is 10.6. The molecule has 0 saturated carbocycles. The Morgan fingerprint density at radius 1 is 0.950 bits per heavy atom. The molecule has 0 spiro atoms. The minimum absolute atomic E-state index is 0.296. The summed E-state index contributed by atoms with van der Waals surface area (Å²) >= 11 is 0. The van der Waals surface area contributed by atoms with E-state index in [2.05, 4.69) is 47.1 Å². The second-order valence-electron chi connectivity index (χ2n) is 5.93. The summed E-state index contributed by atoms with van der Waals surface area (Å²) < 4.78 is 0. The molecule has 0 unspecified atom stereocenters. The first-order chi connectivity index (χ1) is 9.72. The molecule has 0 N–H and O–H groups in total. The number of rotatable bonds is 2. The highest BCUT2D eigenvalue weighted by Gasteiger charge is 2.24. The van der Waals surface area contributed by atoms with Crippen molar-refractivity contribution >= 4 is 11.5 Å². The molecule has 1 aromatic carbocycles. The number of anilines is 1. The van der Waals surface area contributed by atoms with E-state index in [9.17, 15) is 4.79 Å². The SMILES string of the molecule is C[C@H]1CC(=O)C=C(N2CCN(c3ccccc3)CC2)C1. The van der Waals surface area contributed by atoms with E-state index in [1.807, 2.05) is 6.08 Å². The van der Waals surface area contributed by atoms with Crippen LogP contribution in [0.5, 0.6) is 0 Å². The van der Waals surface area contributed by atoms with E-state index in [4.69, 9.17) is 0 Å². The van der Waals surface area contributed by atoms with E-state index in [-0.39, 0.29) is 0 Å². The van der Waals surface area contributed by atoms with Gasteiger partial charge in [-0.25, -0.2) is 0 Å². The number of ketones is 1. The van der Waals surface area contributed by atoms with Gasteiger partial charge in [-0.15, -0.1) is 0 Å². The predicted octanol–water partition coefficient (Wildman–Crippen LogP) is 2.69. The molecule has 3 heteroatoms. The van der Waals surface area contributed by atoms with Crippen LogP contribution in [-0.2, 0) is 4.79 Å². The van der Waals surface area contributed by atoms with Crippen molar-refractivity contribution in [3.05, 3.63) is 42.1 Å². The molecule has 3 rings (SSSR count). The highest BCUT2D eigenvalue weighted by Crippen LogP contribution is 2.26. The second kappa shape index (κ2) is 5.70. The zero-order valence-corrected chi connectivity index (χ0v) is 12.1. The van der Waals surface area contributed by atoms with Gasteiger partial charge < -0.3 is 9.80 Å². The second-order valence-corrected chi connectivity index (χ2v) is 5.93. The molecule has 0 amide bonds. The van der Waals surface area contributed by atoms with Gasteiger partial charge in [-0.05, 0) is 24.5 Å². The molecule has 1 atom stereocenters. The number of nitrogens with zero attached hydrogens (tertiary/aromatic N) is 2. The van der Waals surface area contributed by atoms with Gasteiger partial charge in [0.25, 0.3) is 0 Å². The topological polar surface area (TPSA) is 23.6 Å². The van der Waals surface area contributed by atoms with Gasteiger partial charge in [0.1, 0.15) is 0 Å². The van der Waals surface area contributed by atoms with Crippen LogP contribution in [0.4, 0.5) is 5.69 Å². The maximum Gasteiger partial charge on any atom is 0.157 e. The van der Waals surface area contributed by atoms with E-state index in [1.54, 1.807) is 0 Å². The highest BCUT2D eigenvalue weighted by atomic mass is 16.1. The Morgan fingerprint density at radius 3 is 2.25 bits per heavy atom. The summed E-state index contributed by atoms with van der Waals surface area (Å²) in [6.07, 6.45) is 3.64.